The van der Waals surface area contributed by atoms with Gasteiger partial charge in [0.1, 0.15) is 0 Å². The Hall–Kier alpha value is -1.36. The van der Waals surface area contributed by atoms with Crippen LogP contribution < -0.4 is 0 Å². The van der Waals surface area contributed by atoms with Crippen molar-refractivity contribution in [3.63, 3.8) is 0 Å². The zero-order valence-corrected chi connectivity index (χ0v) is 10.9. The molecular formula is C13H20N2O3. The molecule has 1 N–H and O–H groups in total. The summed E-state index contributed by atoms with van der Waals surface area (Å²) in [5.41, 5.74) is -0.667. The van der Waals surface area contributed by atoms with Gasteiger partial charge in [-0.05, 0) is 39.2 Å². The second-order valence-electron chi connectivity index (χ2n) is 5.58. The predicted octanol–water partition coefficient (Wildman–Crippen LogP) is 2.00. The van der Waals surface area contributed by atoms with Crippen LogP contribution in [-0.2, 0) is 11.3 Å². The Kier molecular flexibility index (Phi) is 3.71. The lowest BCUT2D eigenvalue weighted by atomic mass is 9.74. The molecule has 5 heteroatoms. The molecule has 0 aromatic carbocycles. The molecule has 0 spiro atoms. The number of hydrogen-bond acceptors (Lipinski definition) is 4. The largest absolute Gasteiger partial charge is 0.481 e. The highest BCUT2D eigenvalue weighted by molar-refractivity contribution is 5.74. The number of likely N-dealkylation sites (tertiary alicyclic amines) is 1. The summed E-state index contributed by atoms with van der Waals surface area (Å²) in [5.74, 6) is 0.310. The van der Waals surface area contributed by atoms with Gasteiger partial charge >= 0.3 is 5.97 Å². The standard InChI is InChI=1S/C13H20N2O3/c1-13(2,12(16)17)10-4-3-7-15(8-10)9-11-5-6-14-18-11/h5-6,10H,3-4,7-9H2,1-2H3,(H,16,17). The van der Waals surface area contributed by atoms with Gasteiger partial charge in [-0.25, -0.2) is 0 Å². The van der Waals surface area contributed by atoms with E-state index < -0.39 is 11.4 Å². The van der Waals surface area contributed by atoms with Gasteiger partial charge in [0.2, 0.25) is 0 Å². The average molecular weight is 252 g/mol. The molecule has 0 aliphatic carbocycles. The monoisotopic (exact) mass is 252 g/mol. The fourth-order valence-electron chi connectivity index (χ4n) is 2.51. The van der Waals surface area contributed by atoms with Crippen LogP contribution in [0.15, 0.2) is 16.8 Å². The number of hydrogen-bond donors (Lipinski definition) is 1. The Morgan fingerprint density at radius 2 is 2.44 bits per heavy atom. The molecule has 1 atom stereocenters. The van der Waals surface area contributed by atoms with E-state index in [1.165, 1.54) is 0 Å². The van der Waals surface area contributed by atoms with E-state index in [9.17, 15) is 9.90 Å². The van der Waals surface area contributed by atoms with E-state index in [2.05, 4.69) is 10.1 Å². The maximum Gasteiger partial charge on any atom is 0.309 e. The number of carboxylic acid groups (broad SMARTS) is 1. The van der Waals surface area contributed by atoms with E-state index in [1.807, 2.05) is 19.9 Å². The molecule has 0 radical (unpaired) electrons. The minimum absolute atomic E-state index is 0.187. The van der Waals surface area contributed by atoms with Crippen LogP contribution in [-0.4, -0.2) is 34.2 Å². The first-order chi connectivity index (χ1) is 8.50. The minimum Gasteiger partial charge on any atom is -0.481 e. The highest BCUT2D eigenvalue weighted by Gasteiger charge is 2.39. The summed E-state index contributed by atoms with van der Waals surface area (Å²) in [4.78, 5) is 13.5. The van der Waals surface area contributed by atoms with Crippen molar-refractivity contribution in [2.24, 2.45) is 11.3 Å². The third kappa shape index (κ3) is 2.72. The summed E-state index contributed by atoms with van der Waals surface area (Å²) in [6, 6.07) is 1.85. The van der Waals surface area contributed by atoms with Crippen molar-refractivity contribution in [3.05, 3.63) is 18.0 Å². The highest BCUT2D eigenvalue weighted by atomic mass is 16.5. The van der Waals surface area contributed by atoms with E-state index in [0.717, 1.165) is 31.7 Å². The van der Waals surface area contributed by atoms with E-state index in [4.69, 9.17) is 4.52 Å². The van der Waals surface area contributed by atoms with Gasteiger partial charge in [0.15, 0.2) is 5.76 Å². The van der Waals surface area contributed by atoms with E-state index in [-0.39, 0.29) is 5.92 Å². The maximum atomic E-state index is 11.3. The second-order valence-corrected chi connectivity index (χ2v) is 5.58. The van der Waals surface area contributed by atoms with Gasteiger partial charge in [-0.1, -0.05) is 5.16 Å². The molecule has 1 saturated heterocycles. The highest BCUT2D eigenvalue weighted by Crippen LogP contribution is 2.34. The first kappa shape index (κ1) is 13.1. The molecule has 1 fully saturated rings. The molecule has 100 valence electrons. The minimum atomic E-state index is -0.714. The quantitative estimate of drug-likeness (QED) is 0.887. The number of aliphatic carboxylic acids is 1. The number of piperidine rings is 1. The molecule has 2 rings (SSSR count). The third-order valence-corrected chi connectivity index (χ3v) is 3.95. The number of rotatable bonds is 4. The molecule has 2 heterocycles. The Bertz CT molecular complexity index is 400. The molecule has 0 amide bonds. The van der Waals surface area contributed by atoms with Gasteiger partial charge < -0.3 is 9.63 Å². The average Bonchev–Trinajstić information content (AvgIpc) is 2.82. The summed E-state index contributed by atoms with van der Waals surface area (Å²) >= 11 is 0. The molecule has 18 heavy (non-hydrogen) atoms. The summed E-state index contributed by atoms with van der Waals surface area (Å²) in [7, 11) is 0. The number of carbonyl (C=O) groups is 1. The smallest absolute Gasteiger partial charge is 0.309 e. The fourth-order valence-corrected chi connectivity index (χ4v) is 2.51. The summed E-state index contributed by atoms with van der Waals surface area (Å²) in [6.07, 6.45) is 3.65. The lowest BCUT2D eigenvalue weighted by Crippen LogP contribution is -2.44. The predicted molar refractivity (Wildman–Crippen MR) is 65.9 cm³/mol. The Balaban J connectivity index is 1.98. The molecule has 0 saturated carbocycles. The van der Waals surface area contributed by atoms with Crippen molar-refractivity contribution < 1.29 is 14.4 Å². The van der Waals surface area contributed by atoms with Crippen LogP contribution in [0.2, 0.25) is 0 Å². The van der Waals surface area contributed by atoms with Crippen molar-refractivity contribution >= 4 is 5.97 Å². The number of aromatic nitrogens is 1. The lowest BCUT2D eigenvalue weighted by Gasteiger charge is -2.38. The van der Waals surface area contributed by atoms with E-state index >= 15 is 0 Å². The van der Waals surface area contributed by atoms with Crippen molar-refractivity contribution in [3.8, 4) is 0 Å². The topological polar surface area (TPSA) is 66.6 Å². The number of nitrogens with zero attached hydrogens (tertiary/aromatic N) is 2. The molecule has 5 nitrogen and oxygen atoms in total. The van der Waals surface area contributed by atoms with Crippen LogP contribution in [0.1, 0.15) is 32.4 Å². The van der Waals surface area contributed by atoms with Crippen LogP contribution in [0.4, 0.5) is 0 Å². The molecular weight excluding hydrogens is 232 g/mol. The van der Waals surface area contributed by atoms with E-state index in [0.29, 0.717) is 6.54 Å². The zero-order valence-electron chi connectivity index (χ0n) is 10.9. The van der Waals surface area contributed by atoms with Gasteiger partial charge in [-0.2, -0.15) is 0 Å². The molecule has 1 aromatic rings. The Labute approximate surface area is 107 Å². The Morgan fingerprint density at radius 3 is 3.06 bits per heavy atom. The Morgan fingerprint density at radius 1 is 1.67 bits per heavy atom. The van der Waals surface area contributed by atoms with Gasteiger partial charge in [0.25, 0.3) is 0 Å². The normalized spacial score (nSPS) is 22.0. The van der Waals surface area contributed by atoms with Crippen molar-refractivity contribution in [2.45, 2.75) is 33.2 Å². The van der Waals surface area contributed by atoms with Crippen LogP contribution in [0.3, 0.4) is 0 Å². The van der Waals surface area contributed by atoms with Gasteiger partial charge in [0.05, 0.1) is 18.2 Å². The van der Waals surface area contributed by atoms with Gasteiger partial charge in [0, 0.05) is 12.6 Å². The van der Waals surface area contributed by atoms with Crippen molar-refractivity contribution in [2.75, 3.05) is 13.1 Å². The van der Waals surface area contributed by atoms with Crippen LogP contribution in [0.25, 0.3) is 0 Å². The first-order valence-corrected chi connectivity index (χ1v) is 6.35. The maximum absolute atomic E-state index is 11.3. The molecule has 1 aromatic heterocycles. The SMILES string of the molecule is CC(C)(C(=O)O)C1CCCN(Cc2ccno2)C1. The van der Waals surface area contributed by atoms with Crippen molar-refractivity contribution in [1.82, 2.24) is 10.1 Å². The van der Waals surface area contributed by atoms with Crippen LogP contribution >= 0.6 is 0 Å². The van der Waals surface area contributed by atoms with Gasteiger partial charge in [-0.3, -0.25) is 9.69 Å². The van der Waals surface area contributed by atoms with Gasteiger partial charge in [-0.15, -0.1) is 0 Å². The molecule has 1 unspecified atom stereocenters. The van der Waals surface area contributed by atoms with E-state index in [1.54, 1.807) is 6.20 Å². The van der Waals surface area contributed by atoms with Crippen LogP contribution in [0.5, 0.6) is 0 Å². The summed E-state index contributed by atoms with van der Waals surface area (Å²) in [6.45, 7) is 6.15. The summed E-state index contributed by atoms with van der Waals surface area (Å²) in [5, 5.41) is 13.0. The second kappa shape index (κ2) is 5.10. The fraction of sp³-hybridized carbons (Fsp3) is 0.692. The lowest BCUT2D eigenvalue weighted by molar-refractivity contribution is -0.151. The molecule has 1 aliphatic heterocycles. The van der Waals surface area contributed by atoms with Crippen molar-refractivity contribution in [1.29, 1.82) is 0 Å². The van der Waals surface area contributed by atoms with Crippen LogP contribution in [0, 0.1) is 11.3 Å². The third-order valence-electron chi connectivity index (χ3n) is 3.95. The molecule has 0 bridgehead atoms. The molecule has 1 aliphatic rings. The zero-order chi connectivity index (χ0) is 13.2. The first-order valence-electron chi connectivity index (χ1n) is 6.35. The summed E-state index contributed by atoms with van der Waals surface area (Å²) < 4.78 is 5.10. The number of carboxylic acids is 1.